The minimum Gasteiger partial charge on any atom is -0.348 e. The van der Waals surface area contributed by atoms with E-state index in [9.17, 15) is 26.7 Å². The van der Waals surface area contributed by atoms with Gasteiger partial charge in [-0.25, -0.2) is 0 Å². The average Bonchev–Trinajstić information content (AvgIpc) is 2.27. The number of hydrogen-bond donors (Lipinski definition) is 1. The Morgan fingerprint density at radius 1 is 1.11 bits per heavy atom. The number of nitrogens with one attached hydrogen (secondary N) is 1. The summed E-state index contributed by atoms with van der Waals surface area (Å²) in [5.41, 5.74) is 0. The Balaban J connectivity index is 2.75. The maximum absolute atomic E-state index is 12.9. The highest BCUT2D eigenvalue weighted by molar-refractivity contribution is 5.84. The van der Waals surface area contributed by atoms with Crippen molar-refractivity contribution in [1.82, 2.24) is 5.32 Å². The summed E-state index contributed by atoms with van der Waals surface area (Å²) in [7, 11) is 0. The topological polar surface area (TPSA) is 29.1 Å². The van der Waals surface area contributed by atoms with Crippen LogP contribution in [0.5, 0.6) is 0 Å². The van der Waals surface area contributed by atoms with E-state index in [0.717, 1.165) is 19.3 Å². The second-order valence-electron chi connectivity index (χ2n) is 5.34. The van der Waals surface area contributed by atoms with Gasteiger partial charge in [0.05, 0.1) is 0 Å². The van der Waals surface area contributed by atoms with Crippen molar-refractivity contribution in [3.8, 4) is 0 Å². The lowest BCUT2D eigenvalue weighted by atomic mass is 9.78. The van der Waals surface area contributed by atoms with E-state index in [1.165, 1.54) is 0 Å². The number of amides is 1. The quantitative estimate of drug-likeness (QED) is 0.791. The van der Waals surface area contributed by atoms with E-state index in [-0.39, 0.29) is 11.8 Å². The minimum absolute atomic E-state index is 0.0540. The van der Waals surface area contributed by atoms with Crippen LogP contribution < -0.4 is 5.32 Å². The lowest BCUT2D eigenvalue weighted by Crippen LogP contribution is -2.55. The number of rotatable bonds is 3. The molecule has 2 atom stereocenters. The van der Waals surface area contributed by atoms with Crippen molar-refractivity contribution >= 4 is 5.91 Å². The van der Waals surface area contributed by atoms with Crippen molar-refractivity contribution < 1.29 is 26.7 Å². The monoisotopic (exact) mass is 287 g/mol. The molecule has 1 aliphatic carbocycles. The van der Waals surface area contributed by atoms with Gasteiger partial charge in [0.25, 0.3) is 0 Å². The Hall–Kier alpha value is -0.880. The van der Waals surface area contributed by atoms with Gasteiger partial charge in [-0.3, -0.25) is 4.79 Å². The molecule has 0 radical (unpaired) electrons. The number of halogens is 5. The van der Waals surface area contributed by atoms with Crippen molar-refractivity contribution in [1.29, 1.82) is 0 Å². The van der Waals surface area contributed by atoms with E-state index >= 15 is 0 Å². The fraction of sp³-hybridized carbons (Fsp3) is 0.917. The maximum atomic E-state index is 12.9. The molecule has 19 heavy (non-hydrogen) atoms. The molecule has 1 saturated carbocycles. The van der Waals surface area contributed by atoms with Gasteiger partial charge in [0.2, 0.25) is 0 Å². The smallest absolute Gasteiger partial charge is 0.348 e. The molecule has 2 nitrogen and oxygen atoms in total. The first-order valence-corrected chi connectivity index (χ1v) is 6.33. The Kier molecular flexibility index (Phi) is 4.79. The zero-order chi connectivity index (χ0) is 14.8. The van der Waals surface area contributed by atoms with Crippen molar-refractivity contribution in [3.63, 3.8) is 0 Å². The number of carbonyl (C=O) groups excluding carboxylic acids is 1. The second kappa shape index (κ2) is 5.63. The molecular formula is C12H18F5NO. The fourth-order valence-electron chi connectivity index (χ4n) is 2.52. The van der Waals surface area contributed by atoms with Crippen molar-refractivity contribution in [3.05, 3.63) is 0 Å². The molecular weight excluding hydrogens is 269 g/mol. The summed E-state index contributed by atoms with van der Waals surface area (Å²) in [6, 6.07) is -0.602. The summed E-state index contributed by atoms with van der Waals surface area (Å²) in [6.45, 7) is 3.74. The molecule has 1 fully saturated rings. The summed E-state index contributed by atoms with van der Waals surface area (Å²) in [6.07, 6.45) is -3.03. The Morgan fingerprint density at radius 2 is 1.63 bits per heavy atom. The van der Waals surface area contributed by atoms with Crippen LogP contribution in [0.3, 0.4) is 0 Å². The third-order valence-corrected chi connectivity index (χ3v) is 3.63. The molecule has 1 rings (SSSR count). The molecule has 0 unspecified atom stereocenters. The van der Waals surface area contributed by atoms with E-state index in [0.29, 0.717) is 6.42 Å². The standard InChI is InChI=1S/C12H18F5NO/c1-7(2)8-5-3-4-6-9(8)18-10(19)11(13,14)12(15,16)17/h7-9H,3-6H2,1-2H3,(H,18,19)/t8-,9+/m0/s1. The Morgan fingerprint density at radius 3 is 2.11 bits per heavy atom. The van der Waals surface area contributed by atoms with E-state index in [4.69, 9.17) is 0 Å². The first-order valence-electron chi connectivity index (χ1n) is 6.33. The number of alkyl halides is 5. The molecule has 0 aromatic rings. The summed E-state index contributed by atoms with van der Waals surface area (Å²) in [4.78, 5) is 11.2. The lowest BCUT2D eigenvalue weighted by Gasteiger charge is -2.35. The van der Waals surface area contributed by atoms with Crippen LogP contribution >= 0.6 is 0 Å². The summed E-state index contributed by atoms with van der Waals surface area (Å²) < 4.78 is 62.0. The first-order chi connectivity index (χ1) is 8.57. The van der Waals surface area contributed by atoms with E-state index in [1.54, 1.807) is 0 Å². The molecule has 112 valence electrons. The highest BCUT2D eigenvalue weighted by Gasteiger charge is 2.63. The largest absolute Gasteiger partial charge is 0.463 e. The van der Waals surface area contributed by atoms with Gasteiger partial charge < -0.3 is 5.32 Å². The molecule has 0 aliphatic heterocycles. The zero-order valence-electron chi connectivity index (χ0n) is 10.9. The van der Waals surface area contributed by atoms with Crippen LogP contribution in [0.4, 0.5) is 22.0 Å². The van der Waals surface area contributed by atoms with Gasteiger partial charge >= 0.3 is 18.0 Å². The Bertz CT molecular complexity index is 327. The van der Waals surface area contributed by atoms with Gasteiger partial charge in [0.1, 0.15) is 0 Å². The second-order valence-corrected chi connectivity index (χ2v) is 5.34. The molecule has 0 heterocycles. The van der Waals surface area contributed by atoms with Gasteiger partial charge in [-0.05, 0) is 24.7 Å². The van der Waals surface area contributed by atoms with Crippen LogP contribution in [0.1, 0.15) is 39.5 Å². The van der Waals surface area contributed by atoms with Gasteiger partial charge in [-0.1, -0.05) is 26.7 Å². The average molecular weight is 287 g/mol. The van der Waals surface area contributed by atoms with Gasteiger partial charge in [0.15, 0.2) is 0 Å². The van der Waals surface area contributed by atoms with Crippen LogP contribution in [0.25, 0.3) is 0 Å². The van der Waals surface area contributed by atoms with Crippen LogP contribution in [0.15, 0.2) is 0 Å². The molecule has 1 amide bonds. The highest BCUT2D eigenvalue weighted by Crippen LogP contribution is 2.37. The number of hydrogen-bond acceptors (Lipinski definition) is 1. The van der Waals surface area contributed by atoms with Crippen LogP contribution in [0.2, 0.25) is 0 Å². The highest BCUT2D eigenvalue weighted by atomic mass is 19.4. The normalized spacial score (nSPS) is 25.5. The summed E-state index contributed by atoms with van der Waals surface area (Å²) in [5, 5.41) is 1.89. The first kappa shape index (κ1) is 16.2. The van der Waals surface area contributed by atoms with Gasteiger partial charge in [-0.2, -0.15) is 22.0 Å². The van der Waals surface area contributed by atoms with Crippen LogP contribution in [-0.4, -0.2) is 24.0 Å². The van der Waals surface area contributed by atoms with Crippen molar-refractivity contribution in [2.24, 2.45) is 11.8 Å². The minimum atomic E-state index is -5.85. The van der Waals surface area contributed by atoms with Gasteiger partial charge in [-0.15, -0.1) is 0 Å². The predicted molar refractivity (Wildman–Crippen MR) is 59.7 cm³/mol. The SMILES string of the molecule is CC(C)[C@@H]1CCCC[C@H]1NC(=O)C(F)(F)C(F)(F)F. The lowest BCUT2D eigenvalue weighted by molar-refractivity contribution is -0.270. The van der Waals surface area contributed by atoms with Gasteiger partial charge in [0, 0.05) is 6.04 Å². The fourth-order valence-corrected chi connectivity index (χ4v) is 2.52. The molecule has 0 aromatic heterocycles. The molecule has 0 bridgehead atoms. The Labute approximate surface area is 108 Å². The van der Waals surface area contributed by atoms with Crippen molar-refractivity contribution in [2.75, 3.05) is 0 Å². The molecule has 0 spiro atoms. The zero-order valence-corrected chi connectivity index (χ0v) is 10.9. The van der Waals surface area contributed by atoms with Crippen molar-refractivity contribution in [2.45, 2.75) is 57.7 Å². The molecule has 0 aromatic carbocycles. The van der Waals surface area contributed by atoms with E-state index in [1.807, 2.05) is 19.2 Å². The van der Waals surface area contributed by atoms with Crippen LogP contribution in [0, 0.1) is 11.8 Å². The summed E-state index contributed by atoms with van der Waals surface area (Å²) in [5.74, 6) is -7.49. The van der Waals surface area contributed by atoms with E-state index < -0.39 is 24.0 Å². The molecule has 1 aliphatic rings. The van der Waals surface area contributed by atoms with Crippen LogP contribution in [-0.2, 0) is 4.79 Å². The summed E-state index contributed by atoms with van der Waals surface area (Å²) >= 11 is 0. The molecule has 7 heteroatoms. The predicted octanol–water partition coefficient (Wildman–Crippen LogP) is 3.52. The number of carbonyl (C=O) groups is 1. The molecule has 0 saturated heterocycles. The maximum Gasteiger partial charge on any atom is 0.463 e. The third-order valence-electron chi connectivity index (χ3n) is 3.63. The molecule has 1 N–H and O–H groups in total. The van der Waals surface area contributed by atoms with E-state index in [2.05, 4.69) is 0 Å². The third kappa shape index (κ3) is 3.57.